The first kappa shape index (κ1) is 28.6. The Morgan fingerprint density at radius 3 is 2.53 bits per heavy atom. The van der Waals surface area contributed by atoms with Crippen molar-refractivity contribution in [3.05, 3.63) is 36.0 Å². The van der Waals surface area contributed by atoms with Crippen molar-refractivity contribution in [1.29, 1.82) is 0 Å². The number of hydrogen-bond donors (Lipinski definition) is 2. The van der Waals surface area contributed by atoms with Gasteiger partial charge in [0.2, 0.25) is 6.29 Å². The third-order valence-corrected chi connectivity index (χ3v) is 8.46. The highest BCUT2D eigenvalue weighted by molar-refractivity contribution is 5.69. The van der Waals surface area contributed by atoms with Gasteiger partial charge in [-0.2, -0.15) is 0 Å². The van der Waals surface area contributed by atoms with Crippen molar-refractivity contribution in [2.24, 2.45) is 22.7 Å². The van der Waals surface area contributed by atoms with Crippen molar-refractivity contribution < 1.29 is 38.7 Å². The van der Waals surface area contributed by atoms with Crippen LogP contribution in [0.25, 0.3) is 0 Å². The maximum atomic E-state index is 12.8. The molecule has 3 aliphatic rings. The first-order chi connectivity index (χ1) is 17.0. The minimum absolute atomic E-state index is 0.193. The van der Waals surface area contributed by atoms with Crippen molar-refractivity contribution in [3.63, 3.8) is 0 Å². The Morgan fingerprint density at radius 2 is 1.94 bits per heavy atom. The van der Waals surface area contributed by atoms with Crippen LogP contribution in [-0.4, -0.2) is 59.7 Å². The third kappa shape index (κ3) is 4.80. The Labute approximate surface area is 214 Å². The van der Waals surface area contributed by atoms with Gasteiger partial charge in [0.1, 0.15) is 12.2 Å². The van der Waals surface area contributed by atoms with Gasteiger partial charge in [0.25, 0.3) is 0 Å². The Morgan fingerprint density at radius 1 is 1.25 bits per heavy atom. The van der Waals surface area contributed by atoms with Crippen LogP contribution in [0, 0.1) is 22.7 Å². The molecule has 2 fully saturated rings. The van der Waals surface area contributed by atoms with Crippen molar-refractivity contribution in [2.45, 2.75) is 98.1 Å². The van der Waals surface area contributed by atoms with Crippen LogP contribution in [-0.2, 0) is 28.5 Å². The lowest BCUT2D eigenvalue weighted by molar-refractivity contribution is -0.282. The first-order valence-electron chi connectivity index (χ1n) is 13.0. The quantitative estimate of drug-likeness (QED) is 0.276. The van der Waals surface area contributed by atoms with E-state index in [9.17, 15) is 19.8 Å². The largest absolute Gasteiger partial charge is 0.459 e. The summed E-state index contributed by atoms with van der Waals surface area (Å²) in [7, 11) is 0. The van der Waals surface area contributed by atoms with E-state index in [0.717, 1.165) is 5.57 Å². The first-order valence-corrected chi connectivity index (χ1v) is 13.0. The molecule has 9 unspecified atom stereocenters. The number of carbonyl (C=O) groups excluding carboxylic acids is 2. The third-order valence-electron chi connectivity index (χ3n) is 8.46. The monoisotopic (exact) mass is 506 g/mol. The maximum Gasteiger partial charge on any atom is 0.306 e. The fraction of sp³-hybridized carbons (Fsp3) is 0.714. The van der Waals surface area contributed by atoms with Crippen LogP contribution in [0.4, 0.5) is 0 Å². The van der Waals surface area contributed by atoms with Gasteiger partial charge in [-0.15, -0.1) is 0 Å². The second-order valence-electron chi connectivity index (χ2n) is 10.6. The van der Waals surface area contributed by atoms with Crippen molar-refractivity contribution in [3.8, 4) is 0 Å². The Balaban J connectivity index is 2.30. The van der Waals surface area contributed by atoms with Crippen molar-refractivity contribution in [1.82, 2.24) is 0 Å². The van der Waals surface area contributed by atoms with Gasteiger partial charge in [0, 0.05) is 25.9 Å². The van der Waals surface area contributed by atoms with E-state index in [1.54, 1.807) is 12.2 Å². The van der Waals surface area contributed by atoms with Crippen LogP contribution in [0.15, 0.2) is 36.0 Å². The lowest BCUT2D eigenvalue weighted by atomic mass is 9.44. The zero-order chi connectivity index (χ0) is 26.8. The molecule has 0 aromatic heterocycles. The SMILES string of the molecule is C=CC(C)=CCC1(C)C(C)C(OC(=O)CCC)C(OCC)C23C(=CC(O)CC12)C(O)OC3OC(C)=O. The highest BCUT2D eigenvalue weighted by Gasteiger charge is 2.74. The minimum atomic E-state index is -1.40. The van der Waals surface area contributed by atoms with E-state index in [4.69, 9.17) is 18.9 Å². The number of aliphatic hydroxyl groups excluding tert-OH is 2. The predicted octanol–water partition coefficient (Wildman–Crippen LogP) is 3.81. The normalized spacial score (nSPS) is 40.1. The second kappa shape index (κ2) is 11.2. The molecule has 9 atom stereocenters. The summed E-state index contributed by atoms with van der Waals surface area (Å²) in [5, 5.41) is 21.9. The summed E-state index contributed by atoms with van der Waals surface area (Å²) in [5.74, 6) is -1.42. The molecule has 1 aliphatic heterocycles. The number of rotatable bonds is 9. The summed E-state index contributed by atoms with van der Waals surface area (Å²) in [6, 6.07) is 0. The van der Waals surface area contributed by atoms with Crippen LogP contribution < -0.4 is 0 Å². The Bertz CT molecular complexity index is 909. The number of aliphatic hydroxyl groups is 2. The summed E-state index contributed by atoms with van der Waals surface area (Å²) in [6.45, 7) is 15.3. The molecule has 0 aromatic carbocycles. The van der Waals surface area contributed by atoms with E-state index in [1.165, 1.54) is 6.92 Å². The summed E-state index contributed by atoms with van der Waals surface area (Å²) in [4.78, 5) is 25.0. The summed E-state index contributed by atoms with van der Waals surface area (Å²) >= 11 is 0. The smallest absolute Gasteiger partial charge is 0.306 e. The van der Waals surface area contributed by atoms with E-state index in [1.807, 2.05) is 27.7 Å². The average Bonchev–Trinajstić information content (AvgIpc) is 3.08. The minimum Gasteiger partial charge on any atom is -0.459 e. The number of hydrogen-bond acceptors (Lipinski definition) is 8. The van der Waals surface area contributed by atoms with Gasteiger partial charge in [-0.25, -0.2) is 0 Å². The molecule has 8 nitrogen and oxygen atoms in total. The summed E-state index contributed by atoms with van der Waals surface area (Å²) in [5.41, 5.74) is -0.305. The highest BCUT2D eigenvalue weighted by Crippen LogP contribution is 2.67. The molecule has 0 bridgehead atoms. The molecule has 2 N–H and O–H groups in total. The van der Waals surface area contributed by atoms with Gasteiger partial charge >= 0.3 is 11.9 Å². The van der Waals surface area contributed by atoms with Crippen LogP contribution in [0.1, 0.15) is 67.2 Å². The van der Waals surface area contributed by atoms with E-state index in [-0.39, 0.29) is 24.2 Å². The van der Waals surface area contributed by atoms with Crippen LogP contribution in [0.2, 0.25) is 0 Å². The molecular formula is C28H42O8. The van der Waals surface area contributed by atoms with E-state index < -0.39 is 47.7 Å². The highest BCUT2D eigenvalue weighted by atomic mass is 16.7. The molecule has 0 amide bonds. The number of ether oxygens (including phenoxy) is 4. The number of allylic oxidation sites excluding steroid dienone is 3. The molecule has 202 valence electrons. The lowest BCUT2D eigenvalue weighted by Gasteiger charge is -2.63. The van der Waals surface area contributed by atoms with Gasteiger partial charge < -0.3 is 29.2 Å². The average molecular weight is 507 g/mol. The topological polar surface area (TPSA) is 112 Å². The molecule has 3 rings (SSSR count). The van der Waals surface area contributed by atoms with E-state index >= 15 is 0 Å². The molecule has 0 aromatic rings. The fourth-order valence-electron chi connectivity index (χ4n) is 6.55. The van der Waals surface area contributed by atoms with Crippen molar-refractivity contribution >= 4 is 11.9 Å². The molecule has 2 aliphatic carbocycles. The van der Waals surface area contributed by atoms with Crippen LogP contribution in [0.5, 0.6) is 0 Å². The molecule has 8 heteroatoms. The fourth-order valence-corrected chi connectivity index (χ4v) is 6.55. The lowest BCUT2D eigenvalue weighted by Crippen LogP contribution is -2.69. The molecule has 1 spiro atoms. The number of esters is 2. The molecule has 36 heavy (non-hydrogen) atoms. The Hall–Kier alpha value is -2.00. The number of carbonyl (C=O) groups is 2. The van der Waals surface area contributed by atoms with Gasteiger partial charge in [0.15, 0.2) is 6.29 Å². The summed E-state index contributed by atoms with van der Waals surface area (Å²) in [6.07, 6.45) is 2.42. The molecule has 1 saturated heterocycles. The van der Waals surface area contributed by atoms with Crippen LogP contribution >= 0.6 is 0 Å². The van der Waals surface area contributed by atoms with E-state index in [2.05, 4.69) is 19.6 Å². The summed E-state index contributed by atoms with van der Waals surface area (Å²) < 4.78 is 24.0. The van der Waals surface area contributed by atoms with Gasteiger partial charge in [-0.1, -0.05) is 51.2 Å². The molecular weight excluding hydrogens is 464 g/mol. The molecule has 1 heterocycles. The second-order valence-corrected chi connectivity index (χ2v) is 10.6. The standard InChI is InChI=1S/C28H42O8/c1-8-11-22(31)35-23-17(5)27(7,13-12-16(4)9-2)21-15-19(30)14-20-25(32)36-26(34-18(6)29)28(20,21)24(23)33-10-3/h9,12,14,17,19,21,23-26,30,32H,2,8,10-11,13,15H2,1,3-7H3. The van der Waals surface area contributed by atoms with Crippen LogP contribution in [0.3, 0.4) is 0 Å². The molecule has 1 saturated carbocycles. The van der Waals surface area contributed by atoms with Gasteiger partial charge in [0.05, 0.1) is 11.5 Å². The predicted molar refractivity (Wildman–Crippen MR) is 133 cm³/mol. The Kier molecular flexibility index (Phi) is 8.87. The zero-order valence-electron chi connectivity index (χ0n) is 22.4. The molecule has 0 radical (unpaired) electrons. The maximum absolute atomic E-state index is 12.8. The van der Waals surface area contributed by atoms with Gasteiger partial charge in [-0.05, 0) is 50.0 Å². The van der Waals surface area contributed by atoms with Gasteiger partial charge in [-0.3, -0.25) is 9.59 Å². The zero-order valence-corrected chi connectivity index (χ0v) is 22.4. The van der Waals surface area contributed by atoms with Crippen molar-refractivity contribution in [2.75, 3.05) is 6.61 Å². The van der Waals surface area contributed by atoms with E-state index in [0.29, 0.717) is 31.4 Å².